The first-order chi connectivity index (χ1) is 15.6. The highest BCUT2D eigenvalue weighted by atomic mass is 79.9. The zero-order valence-electron chi connectivity index (χ0n) is 17.2. The Labute approximate surface area is 194 Å². The van der Waals surface area contributed by atoms with Crippen molar-refractivity contribution in [2.45, 2.75) is 6.54 Å². The van der Waals surface area contributed by atoms with E-state index in [-0.39, 0.29) is 18.4 Å². The zero-order chi connectivity index (χ0) is 22.3. The molecule has 2 amide bonds. The van der Waals surface area contributed by atoms with E-state index in [1.165, 1.54) is 0 Å². The van der Waals surface area contributed by atoms with E-state index in [0.29, 0.717) is 12.1 Å². The van der Waals surface area contributed by atoms with Crippen LogP contribution in [0.2, 0.25) is 0 Å². The van der Waals surface area contributed by atoms with E-state index in [9.17, 15) is 9.59 Å². The monoisotopic (exact) mass is 488 g/mol. The summed E-state index contributed by atoms with van der Waals surface area (Å²) in [6, 6.07) is 26.7. The number of hydrogen-bond donors (Lipinski definition) is 2. The van der Waals surface area contributed by atoms with Gasteiger partial charge in [-0.2, -0.15) is 5.10 Å². The minimum absolute atomic E-state index is 0.112. The highest BCUT2D eigenvalue weighted by Crippen LogP contribution is 2.23. The van der Waals surface area contributed by atoms with Gasteiger partial charge in [0.05, 0.1) is 17.9 Å². The van der Waals surface area contributed by atoms with Crippen LogP contribution in [-0.4, -0.2) is 28.1 Å². The summed E-state index contributed by atoms with van der Waals surface area (Å²) < 4.78 is 2.61. The number of para-hydroxylation sites is 1. The Morgan fingerprint density at radius 1 is 0.875 bits per heavy atom. The van der Waals surface area contributed by atoms with Gasteiger partial charge in [-0.3, -0.25) is 9.59 Å². The van der Waals surface area contributed by atoms with E-state index in [4.69, 9.17) is 5.10 Å². The Balaban J connectivity index is 1.44. The molecule has 7 heteroatoms. The molecule has 160 valence electrons. The number of amides is 2. The second-order valence-corrected chi connectivity index (χ2v) is 8.03. The van der Waals surface area contributed by atoms with Crippen LogP contribution in [0.5, 0.6) is 0 Å². The topological polar surface area (TPSA) is 76.0 Å². The van der Waals surface area contributed by atoms with Gasteiger partial charge in [0.25, 0.3) is 5.91 Å². The molecule has 0 atom stereocenters. The third kappa shape index (κ3) is 5.31. The van der Waals surface area contributed by atoms with Crippen LogP contribution in [0.15, 0.2) is 95.6 Å². The maximum atomic E-state index is 12.4. The van der Waals surface area contributed by atoms with Gasteiger partial charge in [-0.05, 0) is 30.3 Å². The molecule has 0 bridgehead atoms. The van der Waals surface area contributed by atoms with Crippen molar-refractivity contribution in [3.05, 3.63) is 107 Å². The van der Waals surface area contributed by atoms with Gasteiger partial charge in [-0.1, -0.05) is 70.5 Å². The summed E-state index contributed by atoms with van der Waals surface area (Å²) in [6.07, 6.45) is 1.91. The van der Waals surface area contributed by atoms with Gasteiger partial charge < -0.3 is 10.6 Å². The molecular weight excluding hydrogens is 468 g/mol. The van der Waals surface area contributed by atoms with Crippen LogP contribution in [0.25, 0.3) is 16.9 Å². The highest BCUT2D eigenvalue weighted by molar-refractivity contribution is 9.10. The summed E-state index contributed by atoms with van der Waals surface area (Å²) in [6.45, 7) is 0.182. The Bertz CT molecular complexity index is 1220. The van der Waals surface area contributed by atoms with E-state index in [1.54, 1.807) is 22.9 Å². The van der Waals surface area contributed by atoms with Gasteiger partial charge in [-0.15, -0.1) is 0 Å². The number of rotatable bonds is 7. The molecule has 0 radical (unpaired) electrons. The van der Waals surface area contributed by atoms with Gasteiger partial charge in [-0.25, -0.2) is 4.68 Å². The third-order valence-electron chi connectivity index (χ3n) is 4.83. The summed E-state index contributed by atoms with van der Waals surface area (Å²) >= 11 is 3.34. The lowest BCUT2D eigenvalue weighted by Gasteiger charge is -2.08. The predicted octanol–water partition coefficient (Wildman–Crippen LogP) is 4.35. The summed E-state index contributed by atoms with van der Waals surface area (Å²) in [5.74, 6) is -0.580. The molecule has 0 aliphatic heterocycles. The number of nitrogens with zero attached hydrogens (tertiary/aromatic N) is 2. The second kappa shape index (κ2) is 10.1. The molecule has 0 spiro atoms. The fraction of sp³-hybridized carbons (Fsp3) is 0.0800. The lowest BCUT2D eigenvalue weighted by atomic mass is 10.1. The van der Waals surface area contributed by atoms with Crippen LogP contribution in [0, 0.1) is 0 Å². The van der Waals surface area contributed by atoms with E-state index in [2.05, 4.69) is 26.6 Å². The van der Waals surface area contributed by atoms with Crippen LogP contribution in [-0.2, 0) is 11.3 Å². The lowest BCUT2D eigenvalue weighted by molar-refractivity contribution is -0.120. The predicted molar refractivity (Wildman–Crippen MR) is 127 cm³/mol. The largest absolute Gasteiger partial charge is 0.350 e. The van der Waals surface area contributed by atoms with E-state index < -0.39 is 0 Å². The van der Waals surface area contributed by atoms with Gasteiger partial charge in [0.15, 0.2) is 0 Å². The highest BCUT2D eigenvalue weighted by Gasteiger charge is 2.14. The molecule has 1 heterocycles. The quantitative estimate of drug-likeness (QED) is 0.406. The molecular formula is C25H21BrN4O2. The fourth-order valence-corrected chi connectivity index (χ4v) is 3.64. The molecule has 0 saturated heterocycles. The van der Waals surface area contributed by atoms with Crippen LogP contribution in [0.4, 0.5) is 0 Å². The molecule has 0 fully saturated rings. The summed E-state index contributed by atoms with van der Waals surface area (Å²) in [7, 11) is 0. The number of nitrogens with one attached hydrogen (secondary N) is 2. The van der Waals surface area contributed by atoms with Crippen LogP contribution >= 0.6 is 15.9 Å². The molecule has 6 nitrogen and oxygen atoms in total. The van der Waals surface area contributed by atoms with Gasteiger partial charge in [0, 0.05) is 33.9 Å². The van der Waals surface area contributed by atoms with Crippen LogP contribution in [0.3, 0.4) is 0 Å². The molecule has 0 aliphatic carbocycles. The number of carbonyl (C=O) groups is 2. The molecule has 1 aromatic heterocycles. The number of aromatic nitrogens is 2. The average molecular weight is 489 g/mol. The fourth-order valence-electron chi connectivity index (χ4n) is 3.24. The van der Waals surface area contributed by atoms with Crippen molar-refractivity contribution in [1.29, 1.82) is 0 Å². The van der Waals surface area contributed by atoms with Crippen molar-refractivity contribution in [3.8, 4) is 16.9 Å². The van der Waals surface area contributed by atoms with Crippen molar-refractivity contribution in [1.82, 2.24) is 20.4 Å². The summed E-state index contributed by atoms with van der Waals surface area (Å²) in [4.78, 5) is 24.6. The molecule has 32 heavy (non-hydrogen) atoms. The minimum Gasteiger partial charge on any atom is -0.350 e. The second-order valence-electron chi connectivity index (χ2n) is 7.12. The van der Waals surface area contributed by atoms with Crippen molar-refractivity contribution >= 4 is 27.7 Å². The first-order valence-electron chi connectivity index (χ1n) is 10.1. The standard InChI is InChI=1S/C25H21BrN4O2/c26-21-11-7-10-19(14-21)25(32)28-16-23(31)27-15-20-17-30(22-12-5-2-6-13-22)29-24(20)18-8-3-1-4-9-18/h1-14,17H,15-16H2,(H,27,31)(H,28,32). The molecule has 0 aliphatic rings. The van der Waals surface area contributed by atoms with Crippen LogP contribution < -0.4 is 10.6 Å². The van der Waals surface area contributed by atoms with E-state index in [0.717, 1.165) is 27.0 Å². The molecule has 2 N–H and O–H groups in total. The van der Waals surface area contributed by atoms with Crippen molar-refractivity contribution < 1.29 is 9.59 Å². The molecule has 4 aromatic rings. The van der Waals surface area contributed by atoms with Crippen molar-refractivity contribution in [2.75, 3.05) is 6.54 Å². The SMILES string of the molecule is O=C(CNC(=O)c1cccc(Br)c1)NCc1cn(-c2ccccc2)nc1-c1ccccc1. The first-order valence-corrected chi connectivity index (χ1v) is 10.9. The maximum Gasteiger partial charge on any atom is 0.251 e. The number of halogens is 1. The Kier molecular flexibility index (Phi) is 6.77. The maximum absolute atomic E-state index is 12.4. The Hall–Kier alpha value is -3.71. The molecule has 0 unspecified atom stereocenters. The summed E-state index contributed by atoms with van der Waals surface area (Å²) in [5.41, 5.74) is 4.07. The normalized spacial score (nSPS) is 10.5. The third-order valence-corrected chi connectivity index (χ3v) is 5.32. The average Bonchev–Trinajstić information content (AvgIpc) is 3.26. The van der Waals surface area contributed by atoms with E-state index in [1.807, 2.05) is 72.9 Å². The van der Waals surface area contributed by atoms with Gasteiger partial charge in [0.2, 0.25) is 5.91 Å². The Morgan fingerprint density at radius 3 is 2.31 bits per heavy atom. The van der Waals surface area contributed by atoms with Crippen molar-refractivity contribution in [2.24, 2.45) is 0 Å². The smallest absolute Gasteiger partial charge is 0.251 e. The first kappa shape index (κ1) is 21.5. The molecule has 0 saturated carbocycles. The molecule has 3 aromatic carbocycles. The van der Waals surface area contributed by atoms with Gasteiger partial charge >= 0.3 is 0 Å². The molecule has 4 rings (SSSR count). The van der Waals surface area contributed by atoms with Gasteiger partial charge in [0.1, 0.15) is 0 Å². The summed E-state index contributed by atoms with van der Waals surface area (Å²) in [5, 5.41) is 10.3. The Morgan fingerprint density at radius 2 is 1.59 bits per heavy atom. The van der Waals surface area contributed by atoms with Crippen LogP contribution in [0.1, 0.15) is 15.9 Å². The lowest BCUT2D eigenvalue weighted by Crippen LogP contribution is -2.36. The number of benzene rings is 3. The van der Waals surface area contributed by atoms with Crippen molar-refractivity contribution in [3.63, 3.8) is 0 Å². The van der Waals surface area contributed by atoms with E-state index >= 15 is 0 Å². The number of carbonyl (C=O) groups excluding carboxylic acids is 2. The zero-order valence-corrected chi connectivity index (χ0v) is 18.7. The minimum atomic E-state index is -0.302. The number of hydrogen-bond acceptors (Lipinski definition) is 3.